The number of nitrogens with one attached hydrogen (secondary N) is 1. The van der Waals surface area contributed by atoms with Crippen molar-refractivity contribution < 1.29 is 18.1 Å². The van der Waals surface area contributed by atoms with Gasteiger partial charge in [-0.3, -0.25) is 24.1 Å². The maximum Gasteiger partial charge on any atom is 0.271 e. The molecule has 0 aromatic heterocycles. The summed E-state index contributed by atoms with van der Waals surface area (Å²) in [5, 5.41) is 13.9. The SMILES string of the molecule is CC(C(=O)NCc1cccc(CN2CCCC2)c1)N(c1cccc([N+](=O)[O-])c1)S(C)(=O)=O. The molecular weight excluding hydrogens is 432 g/mol. The molecule has 2 aromatic carbocycles. The van der Waals surface area contributed by atoms with Crippen molar-refractivity contribution >= 4 is 27.3 Å². The number of hydrogen-bond donors (Lipinski definition) is 1. The molecule has 0 saturated carbocycles. The van der Waals surface area contributed by atoms with Crippen LogP contribution in [0.1, 0.15) is 30.9 Å². The molecule has 172 valence electrons. The third kappa shape index (κ3) is 6.04. The number of rotatable bonds is 9. The molecule has 1 N–H and O–H groups in total. The van der Waals surface area contributed by atoms with Crippen molar-refractivity contribution in [2.75, 3.05) is 23.7 Å². The number of likely N-dealkylation sites (tertiary alicyclic amines) is 1. The van der Waals surface area contributed by atoms with E-state index < -0.39 is 26.9 Å². The molecule has 0 aliphatic carbocycles. The summed E-state index contributed by atoms with van der Waals surface area (Å²) in [5.41, 5.74) is 1.90. The Morgan fingerprint density at radius 3 is 2.47 bits per heavy atom. The minimum atomic E-state index is -3.86. The van der Waals surface area contributed by atoms with Gasteiger partial charge in [0.15, 0.2) is 0 Å². The second-order valence-corrected chi connectivity index (χ2v) is 9.89. The van der Waals surface area contributed by atoms with E-state index in [4.69, 9.17) is 0 Å². The molecule has 1 fully saturated rings. The van der Waals surface area contributed by atoms with Crippen LogP contribution in [0.25, 0.3) is 0 Å². The number of benzene rings is 2. The Labute approximate surface area is 188 Å². The molecule has 1 heterocycles. The largest absolute Gasteiger partial charge is 0.350 e. The number of anilines is 1. The van der Waals surface area contributed by atoms with Crippen LogP contribution >= 0.6 is 0 Å². The maximum absolute atomic E-state index is 12.8. The zero-order valence-corrected chi connectivity index (χ0v) is 19.0. The lowest BCUT2D eigenvalue weighted by Crippen LogP contribution is -2.47. The van der Waals surface area contributed by atoms with E-state index in [1.54, 1.807) is 0 Å². The van der Waals surface area contributed by atoms with Crippen LogP contribution in [0.2, 0.25) is 0 Å². The number of sulfonamides is 1. The predicted octanol–water partition coefficient (Wildman–Crippen LogP) is 2.66. The summed E-state index contributed by atoms with van der Waals surface area (Å²) < 4.78 is 25.7. The zero-order chi connectivity index (χ0) is 23.3. The lowest BCUT2D eigenvalue weighted by Gasteiger charge is -2.28. The van der Waals surface area contributed by atoms with Gasteiger partial charge in [-0.1, -0.05) is 30.3 Å². The van der Waals surface area contributed by atoms with E-state index in [9.17, 15) is 23.3 Å². The van der Waals surface area contributed by atoms with Crippen LogP contribution in [0, 0.1) is 10.1 Å². The first-order valence-electron chi connectivity index (χ1n) is 10.5. The van der Waals surface area contributed by atoms with Crippen LogP contribution in [0.4, 0.5) is 11.4 Å². The number of carbonyl (C=O) groups excluding carboxylic acids is 1. The van der Waals surface area contributed by atoms with E-state index in [0.717, 1.165) is 41.8 Å². The van der Waals surface area contributed by atoms with E-state index >= 15 is 0 Å². The molecular formula is C22H28N4O5S. The van der Waals surface area contributed by atoms with Crippen LogP contribution < -0.4 is 9.62 Å². The lowest BCUT2D eigenvalue weighted by atomic mass is 10.1. The summed E-state index contributed by atoms with van der Waals surface area (Å²) >= 11 is 0. The van der Waals surface area contributed by atoms with Crippen LogP contribution in [-0.4, -0.2) is 49.5 Å². The molecule has 3 rings (SSSR count). The Balaban J connectivity index is 1.70. The van der Waals surface area contributed by atoms with E-state index in [-0.39, 0.29) is 17.9 Å². The third-order valence-electron chi connectivity index (χ3n) is 5.45. The molecule has 10 heteroatoms. The van der Waals surface area contributed by atoms with Gasteiger partial charge in [-0.05, 0) is 50.0 Å². The van der Waals surface area contributed by atoms with Gasteiger partial charge in [0.2, 0.25) is 15.9 Å². The van der Waals surface area contributed by atoms with E-state index in [2.05, 4.69) is 16.3 Å². The molecule has 0 radical (unpaired) electrons. The monoisotopic (exact) mass is 460 g/mol. The third-order valence-corrected chi connectivity index (χ3v) is 6.69. The molecule has 1 unspecified atom stereocenters. The van der Waals surface area contributed by atoms with E-state index in [1.807, 2.05) is 18.2 Å². The Morgan fingerprint density at radius 1 is 1.16 bits per heavy atom. The average Bonchev–Trinajstić information content (AvgIpc) is 3.24. The summed E-state index contributed by atoms with van der Waals surface area (Å²) in [6.45, 7) is 4.77. The van der Waals surface area contributed by atoms with Crippen LogP contribution in [-0.2, 0) is 27.9 Å². The van der Waals surface area contributed by atoms with Crippen molar-refractivity contribution in [1.82, 2.24) is 10.2 Å². The van der Waals surface area contributed by atoms with Gasteiger partial charge in [0.1, 0.15) is 6.04 Å². The van der Waals surface area contributed by atoms with Crippen molar-refractivity contribution in [3.63, 3.8) is 0 Å². The number of non-ortho nitro benzene ring substituents is 1. The fourth-order valence-electron chi connectivity index (χ4n) is 3.93. The zero-order valence-electron chi connectivity index (χ0n) is 18.2. The highest BCUT2D eigenvalue weighted by molar-refractivity contribution is 7.92. The van der Waals surface area contributed by atoms with E-state index in [1.165, 1.54) is 43.5 Å². The van der Waals surface area contributed by atoms with Gasteiger partial charge in [-0.2, -0.15) is 0 Å². The minimum absolute atomic E-state index is 0.0666. The van der Waals surface area contributed by atoms with Crippen molar-refractivity contribution in [3.05, 3.63) is 69.8 Å². The number of nitro benzene ring substituents is 1. The van der Waals surface area contributed by atoms with Gasteiger partial charge in [0, 0.05) is 25.2 Å². The summed E-state index contributed by atoms with van der Waals surface area (Å²) in [7, 11) is -3.86. The van der Waals surface area contributed by atoms with Gasteiger partial charge in [0.05, 0.1) is 16.9 Å². The van der Waals surface area contributed by atoms with E-state index in [0.29, 0.717) is 0 Å². The fourth-order valence-corrected chi connectivity index (χ4v) is 5.09. The van der Waals surface area contributed by atoms with Gasteiger partial charge in [-0.25, -0.2) is 8.42 Å². The highest BCUT2D eigenvalue weighted by Gasteiger charge is 2.30. The molecule has 1 atom stereocenters. The highest BCUT2D eigenvalue weighted by Crippen LogP contribution is 2.25. The molecule has 1 aliphatic heterocycles. The Kier molecular flexibility index (Phi) is 7.47. The number of carbonyl (C=O) groups is 1. The minimum Gasteiger partial charge on any atom is -0.350 e. The average molecular weight is 461 g/mol. The quantitative estimate of drug-likeness (QED) is 0.455. The number of amides is 1. The normalized spacial score (nSPS) is 15.3. The number of hydrogen-bond acceptors (Lipinski definition) is 6. The fraction of sp³-hybridized carbons (Fsp3) is 0.409. The first-order valence-corrected chi connectivity index (χ1v) is 12.3. The first-order chi connectivity index (χ1) is 15.1. The van der Waals surface area contributed by atoms with Crippen molar-refractivity contribution in [1.29, 1.82) is 0 Å². The predicted molar refractivity (Wildman–Crippen MR) is 123 cm³/mol. The van der Waals surface area contributed by atoms with Crippen molar-refractivity contribution in [2.45, 2.75) is 38.9 Å². The number of nitrogens with zero attached hydrogens (tertiary/aromatic N) is 3. The molecule has 2 aromatic rings. The second-order valence-electron chi connectivity index (χ2n) is 8.03. The summed E-state index contributed by atoms with van der Waals surface area (Å²) in [4.78, 5) is 25.7. The highest BCUT2D eigenvalue weighted by atomic mass is 32.2. The van der Waals surface area contributed by atoms with Crippen LogP contribution in [0.5, 0.6) is 0 Å². The molecule has 1 amide bonds. The van der Waals surface area contributed by atoms with Gasteiger partial charge in [-0.15, -0.1) is 0 Å². The van der Waals surface area contributed by atoms with Gasteiger partial charge in [0.25, 0.3) is 5.69 Å². The summed E-state index contributed by atoms with van der Waals surface area (Å²) in [5.74, 6) is -0.494. The molecule has 0 bridgehead atoms. The molecule has 1 saturated heterocycles. The standard InChI is InChI=1S/C22H28N4O5S/c1-17(25(32(2,30)31)20-9-6-10-21(14-20)26(28)29)22(27)23-15-18-7-5-8-19(13-18)16-24-11-3-4-12-24/h5-10,13-14,17H,3-4,11-12,15-16H2,1-2H3,(H,23,27). The molecule has 9 nitrogen and oxygen atoms in total. The van der Waals surface area contributed by atoms with Gasteiger partial charge >= 0.3 is 0 Å². The lowest BCUT2D eigenvalue weighted by molar-refractivity contribution is -0.384. The summed E-state index contributed by atoms with van der Waals surface area (Å²) in [6, 6.07) is 12.1. The van der Waals surface area contributed by atoms with Gasteiger partial charge < -0.3 is 5.32 Å². The number of nitro groups is 1. The first kappa shape index (κ1) is 23.7. The van der Waals surface area contributed by atoms with Crippen molar-refractivity contribution in [2.24, 2.45) is 0 Å². The van der Waals surface area contributed by atoms with Crippen LogP contribution in [0.15, 0.2) is 48.5 Å². The van der Waals surface area contributed by atoms with Crippen LogP contribution in [0.3, 0.4) is 0 Å². The molecule has 0 spiro atoms. The maximum atomic E-state index is 12.8. The topological polar surface area (TPSA) is 113 Å². The van der Waals surface area contributed by atoms with Crippen molar-refractivity contribution in [3.8, 4) is 0 Å². The second kappa shape index (κ2) is 10.1. The molecule has 32 heavy (non-hydrogen) atoms. The molecule has 1 aliphatic rings. The Hall–Kier alpha value is -2.98. The Bertz CT molecular complexity index is 1080. The summed E-state index contributed by atoms with van der Waals surface area (Å²) in [6.07, 6.45) is 3.40. The Morgan fingerprint density at radius 2 is 1.81 bits per heavy atom. The smallest absolute Gasteiger partial charge is 0.271 e.